The Kier molecular flexibility index (Phi) is 6.32. The predicted octanol–water partition coefficient (Wildman–Crippen LogP) is 6.85. The molecule has 2 aromatic carbocycles. The van der Waals surface area contributed by atoms with E-state index in [0.717, 1.165) is 25.7 Å². The van der Waals surface area contributed by atoms with Gasteiger partial charge >= 0.3 is 0 Å². The molecule has 0 radical (unpaired) electrons. The Morgan fingerprint density at radius 3 is 1.88 bits per heavy atom. The molecule has 5 heteroatoms. The van der Waals surface area contributed by atoms with Crippen LogP contribution in [0.4, 0.5) is 17.6 Å². The van der Waals surface area contributed by atoms with Crippen LogP contribution < -0.4 is 4.74 Å². The number of ether oxygens (including phenoxy) is 1. The van der Waals surface area contributed by atoms with E-state index in [9.17, 15) is 17.6 Å². The fourth-order valence-electron chi connectivity index (χ4n) is 3.56. The molecule has 0 aromatic heterocycles. The van der Waals surface area contributed by atoms with Gasteiger partial charge in [0.25, 0.3) is 0 Å². The van der Waals surface area contributed by atoms with Crippen molar-refractivity contribution >= 4 is 0 Å². The Labute approximate surface area is 152 Å². The maximum atomic E-state index is 14.6. The average molecular weight is 368 g/mol. The fraction of sp³-hybridized carbons (Fsp3) is 0.429. The molecule has 0 atom stereocenters. The van der Waals surface area contributed by atoms with Gasteiger partial charge in [-0.25, -0.2) is 13.2 Å². The largest absolute Gasteiger partial charge is 0.494 e. The summed E-state index contributed by atoms with van der Waals surface area (Å²) in [6.45, 7) is 2.15. The highest BCUT2D eigenvalue weighted by atomic mass is 19.2. The molecule has 1 aliphatic carbocycles. The summed E-state index contributed by atoms with van der Waals surface area (Å²) >= 11 is 0. The first kappa shape index (κ1) is 20.3. The van der Waals surface area contributed by atoms with E-state index in [2.05, 4.69) is 6.92 Å². The van der Waals surface area contributed by atoms with E-state index < -0.39 is 23.3 Å². The number of rotatable bonds is 3. The van der Waals surface area contributed by atoms with Gasteiger partial charge in [0.1, 0.15) is 0 Å². The Balaban J connectivity index is 0.00000243. The molecule has 0 spiro atoms. The number of methoxy groups -OCH3 is 1. The van der Waals surface area contributed by atoms with Crippen molar-refractivity contribution in [2.45, 2.75) is 46.0 Å². The minimum atomic E-state index is -1.25. The molecule has 0 unspecified atom stereocenters. The number of benzene rings is 2. The smallest absolute Gasteiger partial charge is 0.201 e. The van der Waals surface area contributed by atoms with Crippen LogP contribution >= 0.6 is 0 Å². The van der Waals surface area contributed by atoms with Crippen molar-refractivity contribution in [1.29, 1.82) is 0 Å². The Bertz CT molecular complexity index is 780. The molecule has 0 saturated heterocycles. The van der Waals surface area contributed by atoms with Gasteiger partial charge in [-0.1, -0.05) is 39.3 Å². The zero-order chi connectivity index (χ0) is 18.1. The van der Waals surface area contributed by atoms with Crippen LogP contribution in [0, 0.1) is 29.2 Å². The molecule has 142 valence electrons. The third kappa shape index (κ3) is 3.57. The SMILES string of the molecule is C.COc1ccc(-c2ccc(C3CCC(C)CC3)c(F)c2F)c(F)c1F. The predicted molar refractivity (Wildman–Crippen MR) is 95.4 cm³/mol. The van der Waals surface area contributed by atoms with E-state index in [1.165, 1.54) is 31.4 Å². The van der Waals surface area contributed by atoms with Crippen LogP contribution in [-0.2, 0) is 0 Å². The van der Waals surface area contributed by atoms with E-state index in [0.29, 0.717) is 11.5 Å². The fourth-order valence-corrected chi connectivity index (χ4v) is 3.56. The maximum absolute atomic E-state index is 14.6. The van der Waals surface area contributed by atoms with Crippen LogP contribution in [0.1, 0.15) is 51.5 Å². The molecular weight excluding hydrogens is 344 g/mol. The van der Waals surface area contributed by atoms with Gasteiger partial charge in [-0.2, -0.15) is 4.39 Å². The summed E-state index contributed by atoms with van der Waals surface area (Å²) in [5.74, 6) is -4.29. The Morgan fingerprint density at radius 1 is 0.769 bits per heavy atom. The molecule has 1 fully saturated rings. The number of halogens is 4. The normalized spacial score (nSPS) is 19.8. The molecule has 1 nitrogen and oxygen atoms in total. The summed E-state index contributed by atoms with van der Waals surface area (Å²) in [4.78, 5) is 0. The van der Waals surface area contributed by atoms with Crippen LogP contribution in [0.5, 0.6) is 5.75 Å². The first-order chi connectivity index (χ1) is 11.9. The first-order valence-corrected chi connectivity index (χ1v) is 8.44. The standard InChI is InChI=1S/C20H20F4O.CH4/c1-11-3-5-12(6-4-11)13-7-8-14(18(22)17(13)21)15-9-10-16(25-2)20(24)19(15)23;/h7-12H,3-6H2,1-2H3;1H4. The average Bonchev–Trinajstić information content (AvgIpc) is 2.61. The lowest BCUT2D eigenvalue weighted by Gasteiger charge is -2.27. The monoisotopic (exact) mass is 368 g/mol. The molecule has 0 N–H and O–H groups in total. The molecule has 1 aliphatic rings. The molecule has 0 bridgehead atoms. The van der Waals surface area contributed by atoms with Crippen LogP contribution in [0.2, 0.25) is 0 Å². The highest BCUT2D eigenvalue weighted by Crippen LogP contribution is 2.39. The summed E-state index contributed by atoms with van der Waals surface area (Å²) in [6, 6.07) is 5.21. The van der Waals surface area contributed by atoms with E-state index in [-0.39, 0.29) is 30.2 Å². The van der Waals surface area contributed by atoms with Crippen molar-refractivity contribution in [3.63, 3.8) is 0 Å². The lowest BCUT2D eigenvalue weighted by atomic mass is 9.79. The van der Waals surface area contributed by atoms with Crippen molar-refractivity contribution in [2.24, 2.45) is 5.92 Å². The Morgan fingerprint density at radius 2 is 1.31 bits per heavy atom. The lowest BCUT2D eigenvalue weighted by molar-refractivity contribution is 0.339. The molecule has 0 heterocycles. The zero-order valence-corrected chi connectivity index (χ0v) is 14.2. The van der Waals surface area contributed by atoms with E-state index in [1.807, 2.05) is 0 Å². The van der Waals surface area contributed by atoms with Crippen molar-refractivity contribution in [3.05, 3.63) is 53.1 Å². The van der Waals surface area contributed by atoms with Gasteiger partial charge in [-0.05, 0) is 42.4 Å². The summed E-state index contributed by atoms with van der Waals surface area (Å²) in [7, 11) is 1.21. The summed E-state index contributed by atoms with van der Waals surface area (Å²) < 4.78 is 61.9. The van der Waals surface area contributed by atoms with Crippen LogP contribution in [0.25, 0.3) is 11.1 Å². The van der Waals surface area contributed by atoms with Gasteiger partial charge in [0.15, 0.2) is 23.2 Å². The van der Waals surface area contributed by atoms with Gasteiger partial charge in [-0.15, -0.1) is 0 Å². The quantitative estimate of drug-likeness (QED) is 0.538. The van der Waals surface area contributed by atoms with Crippen molar-refractivity contribution in [3.8, 4) is 16.9 Å². The van der Waals surface area contributed by atoms with Crippen molar-refractivity contribution in [1.82, 2.24) is 0 Å². The van der Waals surface area contributed by atoms with Crippen molar-refractivity contribution in [2.75, 3.05) is 7.11 Å². The van der Waals surface area contributed by atoms with Crippen molar-refractivity contribution < 1.29 is 22.3 Å². The minimum Gasteiger partial charge on any atom is -0.494 e. The summed E-state index contributed by atoms with van der Waals surface area (Å²) in [6.07, 6.45) is 3.57. The van der Waals surface area contributed by atoms with E-state index >= 15 is 0 Å². The maximum Gasteiger partial charge on any atom is 0.201 e. The second kappa shape index (κ2) is 8.11. The van der Waals surface area contributed by atoms with Gasteiger partial charge in [-0.3, -0.25) is 0 Å². The minimum absolute atomic E-state index is 0. The second-order valence-corrected chi connectivity index (χ2v) is 6.73. The van der Waals surface area contributed by atoms with Crippen LogP contribution in [-0.4, -0.2) is 7.11 Å². The zero-order valence-electron chi connectivity index (χ0n) is 14.2. The van der Waals surface area contributed by atoms with Gasteiger partial charge < -0.3 is 4.74 Å². The van der Waals surface area contributed by atoms with Crippen LogP contribution in [0.3, 0.4) is 0 Å². The molecule has 0 aliphatic heterocycles. The third-order valence-electron chi connectivity index (χ3n) is 5.12. The second-order valence-electron chi connectivity index (χ2n) is 6.73. The number of hydrogen-bond donors (Lipinski definition) is 0. The van der Waals surface area contributed by atoms with E-state index in [4.69, 9.17) is 4.74 Å². The third-order valence-corrected chi connectivity index (χ3v) is 5.12. The highest BCUT2D eigenvalue weighted by Gasteiger charge is 2.26. The molecule has 3 rings (SSSR count). The molecule has 1 saturated carbocycles. The van der Waals surface area contributed by atoms with Gasteiger partial charge in [0, 0.05) is 11.1 Å². The topological polar surface area (TPSA) is 9.23 Å². The highest BCUT2D eigenvalue weighted by molar-refractivity contribution is 5.66. The van der Waals surface area contributed by atoms with Crippen LogP contribution in [0.15, 0.2) is 24.3 Å². The molecule has 2 aromatic rings. The van der Waals surface area contributed by atoms with Gasteiger partial charge in [0.05, 0.1) is 7.11 Å². The molecule has 0 amide bonds. The van der Waals surface area contributed by atoms with Gasteiger partial charge in [0.2, 0.25) is 5.82 Å². The first-order valence-electron chi connectivity index (χ1n) is 8.44. The lowest BCUT2D eigenvalue weighted by Crippen LogP contribution is -2.13. The van der Waals surface area contributed by atoms with E-state index in [1.54, 1.807) is 0 Å². The molecular formula is C21H24F4O. The molecule has 26 heavy (non-hydrogen) atoms. The summed E-state index contributed by atoms with van der Waals surface area (Å²) in [5.41, 5.74) is -0.287. The summed E-state index contributed by atoms with van der Waals surface area (Å²) in [5, 5.41) is 0. The number of hydrogen-bond acceptors (Lipinski definition) is 1. The Hall–Kier alpha value is -2.04.